The van der Waals surface area contributed by atoms with Crippen LogP contribution in [0.2, 0.25) is 0 Å². The van der Waals surface area contributed by atoms with Crippen LogP contribution in [0.5, 0.6) is 0 Å². The van der Waals surface area contributed by atoms with Gasteiger partial charge in [0.1, 0.15) is 6.54 Å². The number of rotatable bonds is 4. The number of nitrogens with one attached hydrogen (secondary N) is 3. The van der Waals surface area contributed by atoms with Gasteiger partial charge in [-0.25, -0.2) is 10.2 Å². The predicted octanol–water partition coefficient (Wildman–Crippen LogP) is -1.03. The van der Waals surface area contributed by atoms with E-state index in [9.17, 15) is 19.2 Å². The molecule has 0 bridgehead atoms. The van der Waals surface area contributed by atoms with Gasteiger partial charge in [0.15, 0.2) is 5.92 Å². The van der Waals surface area contributed by atoms with Crippen LogP contribution < -0.4 is 16.1 Å². The number of aromatic nitrogens is 2. The molecule has 1 saturated heterocycles. The van der Waals surface area contributed by atoms with E-state index in [1.807, 2.05) is 30.5 Å². The molecule has 3 N–H and O–H groups in total. The van der Waals surface area contributed by atoms with Crippen molar-refractivity contribution in [1.29, 1.82) is 0 Å². The summed E-state index contributed by atoms with van der Waals surface area (Å²) in [7, 11) is 0. The molecule has 0 atom stereocenters. The molecule has 1 fully saturated rings. The molecule has 2 heterocycles. The first-order valence-electron chi connectivity index (χ1n) is 6.77. The summed E-state index contributed by atoms with van der Waals surface area (Å²) in [4.78, 5) is 46.1. The summed E-state index contributed by atoms with van der Waals surface area (Å²) in [5.41, 5.74) is 3.93. The van der Waals surface area contributed by atoms with Crippen molar-refractivity contribution in [2.75, 3.05) is 0 Å². The number of nitrogens with zero attached hydrogens (tertiary/aromatic N) is 3. The van der Waals surface area contributed by atoms with Crippen LogP contribution in [0.25, 0.3) is 0 Å². The molecule has 0 aliphatic carbocycles. The topological polar surface area (TPSA) is 135 Å². The van der Waals surface area contributed by atoms with Crippen molar-refractivity contribution in [3.8, 4) is 0 Å². The second-order valence-electron chi connectivity index (χ2n) is 5.11. The summed E-state index contributed by atoms with van der Waals surface area (Å²) in [6.07, 6.45) is 0. The Labute approximate surface area is 131 Å². The normalized spacial score (nSPS) is 16.1. The van der Waals surface area contributed by atoms with Crippen LogP contribution in [0, 0.1) is 19.8 Å². The van der Waals surface area contributed by atoms with Crippen molar-refractivity contribution in [3.05, 3.63) is 17.5 Å². The molecule has 23 heavy (non-hydrogen) atoms. The molecular formula is C13H16N6O4. The molecule has 0 radical (unpaired) electrons. The standard InChI is InChI=1S/C13H16N6O4/c1-6-4-7(2)19(18-6)5-9(20)17-16-8(3)10-11(21)14-13(23)15-12(10)22/h4,10H,5H2,1-3H3,(H,17,20)(H2,14,15,21,22,23)/b16-8+. The molecule has 1 aromatic heterocycles. The van der Waals surface area contributed by atoms with Crippen LogP contribution in [0.3, 0.4) is 0 Å². The van der Waals surface area contributed by atoms with Gasteiger partial charge in [-0.2, -0.15) is 10.2 Å². The van der Waals surface area contributed by atoms with Crippen LogP contribution in [0.1, 0.15) is 18.3 Å². The Morgan fingerprint density at radius 1 is 1.30 bits per heavy atom. The highest BCUT2D eigenvalue weighted by Crippen LogP contribution is 2.05. The van der Waals surface area contributed by atoms with E-state index in [1.54, 1.807) is 0 Å². The Balaban J connectivity index is 2.00. The third-order valence-electron chi connectivity index (χ3n) is 3.17. The Morgan fingerprint density at radius 3 is 2.43 bits per heavy atom. The number of hydrogen-bond donors (Lipinski definition) is 3. The van der Waals surface area contributed by atoms with Crippen LogP contribution in [-0.2, 0) is 20.9 Å². The van der Waals surface area contributed by atoms with Gasteiger partial charge < -0.3 is 0 Å². The van der Waals surface area contributed by atoms with Crippen molar-refractivity contribution >= 4 is 29.5 Å². The molecule has 1 aliphatic heterocycles. The first-order chi connectivity index (χ1) is 10.8. The smallest absolute Gasteiger partial charge is 0.277 e. The van der Waals surface area contributed by atoms with Gasteiger partial charge in [-0.15, -0.1) is 0 Å². The van der Waals surface area contributed by atoms with E-state index in [2.05, 4.69) is 15.6 Å². The maximum Gasteiger partial charge on any atom is 0.328 e. The summed E-state index contributed by atoms with van der Waals surface area (Å²) in [5.74, 6) is -3.29. The minimum Gasteiger partial charge on any atom is -0.277 e. The maximum atomic E-state index is 11.8. The van der Waals surface area contributed by atoms with Crippen LogP contribution in [0.15, 0.2) is 11.2 Å². The molecular weight excluding hydrogens is 304 g/mol. The van der Waals surface area contributed by atoms with Gasteiger partial charge in [0.25, 0.3) is 5.91 Å². The zero-order valence-electron chi connectivity index (χ0n) is 12.8. The minimum absolute atomic E-state index is 0.0437. The second kappa shape index (κ2) is 6.38. The van der Waals surface area contributed by atoms with Crippen LogP contribution in [-0.4, -0.2) is 39.2 Å². The zero-order chi connectivity index (χ0) is 17.1. The van der Waals surface area contributed by atoms with Gasteiger partial charge in [-0.1, -0.05) is 0 Å². The Bertz CT molecular complexity index is 700. The molecule has 0 saturated carbocycles. The number of hydrogen-bond acceptors (Lipinski definition) is 6. The molecule has 0 aromatic carbocycles. The lowest BCUT2D eigenvalue weighted by atomic mass is 10.0. The summed E-state index contributed by atoms with van der Waals surface area (Å²) >= 11 is 0. The van der Waals surface area contributed by atoms with Gasteiger partial charge in [0.2, 0.25) is 11.8 Å². The number of imide groups is 2. The van der Waals surface area contributed by atoms with Gasteiger partial charge in [0, 0.05) is 5.69 Å². The number of aryl methyl sites for hydroxylation is 2. The van der Waals surface area contributed by atoms with Crippen molar-refractivity contribution in [2.24, 2.45) is 11.0 Å². The van der Waals surface area contributed by atoms with Crippen LogP contribution in [0.4, 0.5) is 4.79 Å². The highest BCUT2D eigenvalue weighted by molar-refractivity contribution is 6.27. The predicted molar refractivity (Wildman–Crippen MR) is 78.1 cm³/mol. The van der Waals surface area contributed by atoms with E-state index in [0.29, 0.717) is 0 Å². The lowest BCUT2D eigenvalue weighted by Gasteiger charge is -2.20. The molecule has 122 valence electrons. The molecule has 0 spiro atoms. The fraction of sp³-hybridized carbons (Fsp3) is 0.385. The third kappa shape index (κ3) is 3.78. The SMILES string of the molecule is C/C(=N\NC(=O)Cn1nc(C)cc1C)C1C(=O)NC(=O)NC1=O. The molecule has 1 aromatic rings. The number of hydrazone groups is 1. The van der Waals surface area contributed by atoms with E-state index in [-0.39, 0.29) is 12.3 Å². The highest BCUT2D eigenvalue weighted by Gasteiger charge is 2.36. The van der Waals surface area contributed by atoms with Gasteiger partial charge in [-0.3, -0.25) is 29.7 Å². The molecule has 5 amide bonds. The quantitative estimate of drug-likeness (QED) is 0.370. The average Bonchev–Trinajstić information content (AvgIpc) is 2.73. The molecule has 10 heteroatoms. The Hall–Kier alpha value is -3.04. The molecule has 2 rings (SSSR count). The Morgan fingerprint density at radius 2 is 1.91 bits per heavy atom. The van der Waals surface area contributed by atoms with Gasteiger partial charge in [0.05, 0.1) is 11.4 Å². The minimum atomic E-state index is -1.26. The van der Waals surface area contributed by atoms with E-state index >= 15 is 0 Å². The number of urea groups is 1. The monoisotopic (exact) mass is 320 g/mol. The van der Waals surface area contributed by atoms with Crippen molar-refractivity contribution in [3.63, 3.8) is 0 Å². The van der Waals surface area contributed by atoms with E-state index in [4.69, 9.17) is 0 Å². The highest BCUT2D eigenvalue weighted by atomic mass is 16.2. The lowest BCUT2D eigenvalue weighted by Crippen LogP contribution is -2.57. The van der Waals surface area contributed by atoms with Crippen molar-refractivity contribution in [1.82, 2.24) is 25.8 Å². The summed E-state index contributed by atoms with van der Waals surface area (Å²) in [6.45, 7) is 4.99. The fourth-order valence-corrected chi connectivity index (χ4v) is 2.12. The first kappa shape index (κ1) is 16.3. The van der Waals surface area contributed by atoms with Gasteiger partial charge >= 0.3 is 6.03 Å². The molecule has 1 aliphatic rings. The Kier molecular flexibility index (Phi) is 4.53. The summed E-state index contributed by atoms with van der Waals surface area (Å²) < 4.78 is 1.51. The van der Waals surface area contributed by atoms with Crippen LogP contribution >= 0.6 is 0 Å². The van der Waals surface area contributed by atoms with E-state index in [1.165, 1.54) is 11.6 Å². The molecule has 0 unspecified atom stereocenters. The number of amides is 5. The number of carbonyl (C=O) groups excluding carboxylic acids is 4. The zero-order valence-corrected chi connectivity index (χ0v) is 12.8. The van der Waals surface area contributed by atoms with Gasteiger partial charge in [-0.05, 0) is 26.8 Å². The van der Waals surface area contributed by atoms with Crippen molar-refractivity contribution < 1.29 is 19.2 Å². The van der Waals surface area contributed by atoms with Crippen molar-refractivity contribution in [2.45, 2.75) is 27.3 Å². The molecule has 10 nitrogen and oxygen atoms in total. The average molecular weight is 320 g/mol. The first-order valence-corrected chi connectivity index (χ1v) is 6.77. The fourth-order valence-electron chi connectivity index (χ4n) is 2.12. The summed E-state index contributed by atoms with van der Waals surface area (Å²) in [6, 6.07) is 0.952. The number of carbonyl (C=O) groups is 4. The van der Waals surface area contributed by atoms with E-state index in [0.717, 1.165) is 11.4 Å². The number of barbiturate groups is 1. The summed E-state index contributed by atoms with van der Waals surface area (Å²) in [5, 5.41) is 11.8. The lowest BCUT2D eigenvalue weighted by molar-refractivity contribution is -0.133. The third-order valence-corrected chi connectivity index (χ3v) is 3.17. The largest absolute Gasteiger partial charge is 0.328 e. The second-order valence-corrected chi connectivity index (χ2v) is 5.11. The van der Waals surface area contributed by atoms with E-state index < -0.39 is 29.7 Å². The maximum absolute atomic E-state index is 11.8.